The zero-order valence-electron chi connectivity index (χ0n) is 18.1. The minimum atomic E-state index is -0.340. The highest BCUT2D eigenvalue weighted by Gasteiger charge is 2.42. The van der Waals surface area contributed by atoms with E-state index in [-0.39, 0.29) is 29.7 Å². The summed E-state index contributed by atoms with van der Waals surface area (Å²) in [6.07, 6.45) is 0.491. The van der Waals surface area contributed by atoms with Gasteiger partial charge in [-0.2, -0.15) is 0 Å². The molecule has 8 nitrogen and oxygen atoms in total. The van der Waals surface area contributed by atoms with E-state index in [1.807, 2.05) is 55.5 Å². The fraction of sp³-hybridized carbons (Fsp3) is 0.348. The molecular weight excluding hydrogens is 426 g/mol. The first-order valence-electron chi connectivity index (χ1n) is 10.7. The summed E-state index contributed by atoms with van der Waals surface area (Å²) >= 11 is 1.25. The Labute approximate surface area is 191 Å². The molecule has 9 heteroatoms. The van der Waals surface area contributed by atoms with Crippen LogP contribution in [0.15, 0.2) is 53.5 Å². The fourth-order valence-electron chi connectivity index (χ4n) is 3.73. The van der Waals surface area contributed by atoms with Gasteiger partial charge in [0.2, 0.25) is 11.8 Å². The van der Waals surface area contributed by atoms with Crippen LogP contribution in [0.4, 0.5) is 11.4 Å². The largest absolute Gasteiger partial charge is 0.494 e. The number of nitrogens with zero attached hydrogens (tertiary/aromatic N) is 2. The summed E-state index contributed by atoms with van der Waals surface area (Å²) < 4.78 is 5.51. The zero-order chi connectivity index (χ0) is 22.5. The van der Waals surface area contributed by atoms with E-state index >= 15 is 0 Å². The maximum atomic E-state index is 13.3. The number of benzene rings is 2. The maximum Gasteiger partial charge on any atom is 0.241 e. The first-order chi connectivity index (χ1) is 15.6. The van der Waals surface area contributed by atoms with Gasteiger partial charge in [-0.3, -0.25) is 19.9 Å². The number of carbonyl (C=O) groups is 2. The van der Waals surface area contributed by atoms with Crippen molar-refractivity contribution < 1.29 is 14.3 Å². The Kier molecular flexibility index (Phi) is 7.09. The lowest BCUT2D eigenvalue weighted by Crippen LogP contribution is -2.49. The zero-order valence-corrected chi connectivity index (χ0v) is 18.9. The van der Waals surface area contributed by atoms with Crippen molar-refractivity contribution in [2.75, 3.05) is 29.1 Å². The molecule has 2 aromatic rings. The molecule has 0 radical (unpaired) electrons. The number of anilines is 2. The number of para-hydroxylation sites is 1. The van der Waals surface area contributed by atoms with Crippen LogP contribution in [-0.2, 0) is 16.0 Å². The fourth-order valence-corrected chi connectivity index (χ4v) is 4.58. The van der Waals surface area contributed by atoms with Gasteiger partial charge in [0.15, 0.2) is 5.17 Å². The Morgan fingerprint density at radius 3 is 2.75 bits per heavy atom. The van der Waals surface area contributed by atoms with Crippen LogP contribution < -0.4 is 25.8 Å². The number of nitrogens with one attached hydrogen (secondary N) is 3. The predicted molar refractivity (Wildman–Crippen MR) is 128 cm³/mol. The summed E-state index contributed by atoms with van der Waals surface area (Å²) in [4.78, 5) is 32.2. The molecule has 0 bridgehead atoms. The molecule has 4 rings (SSSR count). The molecule has 0 aliphatic carbocycles. The van der Waals surface area contributed by atoms with E-state index in [1.54, 1.807) is 4.90 Å². The Bertz CT molecular complexity index is 1010. The summed E-state index contributed by atoms with van der Waals surface area (Å²) in [5, 5.41) is 3.47. The molecule has 1 saturated heterocycles. The number of fused-ring (bicyclic) bond motifs is 1. The van der Waals surface area contributed by atoms with Gasteiger partial charge in [0.05, 0.1) is 24.0 Å². The van der Waals surface area contributed by atoms with Gasteiger partial charge in [-0.25, -0.2) is 10.4 Å². The van der Waals surface area contributed by atoms with E-state index in [4.69, 9.17) is 9.73 Å². The van der Waals surface area contributed by atoms with Crippen molar-refractivity contribution in [1.29, 1.82) is 0 Å². The minimum absolute atomic E-state index is 0.0501. The van der Waals surface area contributed by atoms with Gasteiger partial charge < -0.3 is 10.1 Å². The Hall–Kier alpha value is -2.88. The smallest absolute Gasteiger partial charge is 0.241 e. The Morgan fingerprint density at radius 2 is 2.00 bits per heavy atom. The van der Waals surface area contributed by atoms with Crippen LogP contribution >= 0.6 is 11.8 Å². The SMILES string of the molecule is CCOc1ccc(N2C(=O)C3CNNC3N=C2SCC(=O)Nc2ccccc2CC)cc1. The molecule has 2 unspecified atom stereocenters. The van der Waals surface area contributed by atoms with E-state index in [2.05, 4.69) is 23.1 Å². The van der Waals surface area contributed by atoms with Crippen molar-refractivity contribution in [3.63, 3.8) is 0 Å². The van der Waals surface area contributed by atoms with Crippen molar-refractivity contribution in [1.82, 2.24) is 10.9 Å². The molecule has 2 amide bonds. The summed E-state index contributed by atoms with van der Waals surface area (Å²) in [5.41, 5.74) is 8.64. The second-order valence-electron chi connectivity index (χ2n) is 7.44. The third-order valence-corrected chi connectivity index (χ3v) is 6.29. The van der Waals surface area contributed by atoms with Gasteiger partial charge in [-0.05, 0) is 49.2 Å². The molecule has 3 N–H and O–H groups in total. The highest BCUT2D eigenvalue weighted by Crippen LogP contribution is 2.30. The number of rotatable bonds is 7. The highest BCUT2D eigenvalue weighted by molar-refractivity contribution is 8.14. The highest BCUT2D eigenvalue weighted by atomic mass is 32.2. The van der Waals surface area contributed by atoms with Gasteiger partial charge in [-0.1, -0.05) is 36.9 Å². The van der Waals surface area contributed by atoms with Crippen LogP contribution in [0, 0.1) is 5.92 Å². The van der Waals surface area contributed by atoms with Crippen LogP contribution in [0.1, 0.15) is 19.4 Å². The van der Waals surface area contributed by atoms with Gasteiger partial charge in [0, 0.05) is 12.2 Å². The molecule has 0 saturated carbocycles. The molecule has 2 heterocycles. The number of aryl methyl sites for hydroxylation is 1. The summed E-state index contributed by atoms with van der Waals surface area (Å²) in [5.74, 6) is 0.393. The Balaban J connectivity index is 1.51. The number of ether oxygens (including phenoxy) is 1. The molecule has 2 atom stereocenters. The van der Waals surface area contributed by atoms with Crippen LogP contribution in [0.25, 0.3) is 0 Å². The molecule has 32 heavy (non-hydrogen) atoms. The lowest BCUT2D eigenvalue weighted by atomic mass is 10.0. The molecule has 0 spiro atoms. The van der Waals surface area contributed by atoms with E-state index in [0.29, 0.717) is 24.0 Å². The van der Waals surface area contributed by atoms with Crippen LogP contribution in [-0.4, -0.2) is 42.1 Å². The quantitative estimate of drug-likeness (QED) is 0.597. The molecule has 168 valence electrons. The monoisotopic (exact) mass is 453 g/mol. The molecule has 1 fully saturated rings. The predicted octanol–water partition coefficient (Wildman–Crippen LogP) is 2.77. The lowest BCUT2D eigenvalue weighted by molar-refractivity contribution is -0.121. The van der Waals surface area contributed by atoms with Crippen molar-refractivity contribution in [2.24, 2.45) is 10.9 Å². The molecule has 2 aliphatic rings. The van der Waals surface area contributed by atoms with Gasteiger partial charge in [-0.15, -0.1) is 0 Å². The number of amides is 2. The lowest BCUT2D eigenvalue weighted by Gasteiger charge is -2.32. The molecule has 2 aromatic carbocycles. The number of amidine groups is 1. The van der Waals surface area contributed by atoms with Crippen LogP contribution in [0.3, 0.4) is 0 Å². The summed E-state index contributed by atoms with van der Waals surface area (Å²) in [6.45, 7) is 5.05. The summed E-state index contributed by atoms with van der Waals surface area (Å²) in [6, 6.07) is 15.1. The van der Waals surface area contributed by atoms with Gasteiger partial charge in [0.1, 0.15) is 11.9 Å². The topological polar surface area (TPSA) is 95.1 Å². The van der Waals surface area contributed by atoms with E-state index in [9.17, 15) is 9.59 Å². The van der Waals surface area contributed by atoms with Gasteiger partial charge >= 0.3 is 0 Å². The summed E-state index contributed by atoms with van der Waals surface area (Å²) in [7, 11) is 0. The first kappa shape index (κ1) is 22.3. The molecular formula is C23H27N5O3S. The minimum Gasteiger partial charge on any atom is -0.494 e. The maximum absolute atomic E-state index is 13.3. The number of hydrazine groups is 1. The second-order valence-corrected chi connectivity index (χ2v) is 8.38. The van der Waals surface area contributed by atoms with E-state index in [0.717, 1.165) is 23.4 Å². The average molecular weight is 454 g/mol. The molecule has 2 aliphatic heterocycles. The van der Waals surface area contributed by atoms with E-state index < -0.39 is 0 Å². The number of thioether (sulfide) groups is 1. The van der Waals surface area contributed by atoms with Crippen molar-refractivity contribution in [3.05, 3.63) is 54.1 Å². The van der Waals surface area contributed by atoms with Crippen molar-refractivity contribution in [3.8, 4) is 5.75 Å². The van der Waals surface area contributed by atoms with Crippen molar-refractivity contribution in [2.45, 2.75) is 26.4 Å². The first-order valence-corrected chi connectivity index (χ1v) is 11.7. The molecule has 0 aromatic heterocycles. The normalized spacial score (nSPS) is 20.0. The second kappa shape index (κ2) is 10.2. The van der Waals surface area contributed by atoms with Gasteiger partial charge in [0.25, 0.3) is 0 Å². The third kappa shape index (κ3) is 4.79. The number of aliphatic imine (C=N–C) groups is 1. The number of hydrogen-bond donors (Lipinski definition) is 3. The number of hydrogen-bond acceptors (Lipinski definition) is 7. The van der Waals surface area contributed by atoms with Crippen molar-refractivity contribution >= 4 is 40.1 Å². The van der Waals surface area contributed by atoms with Crippen LogP contribution in [0.5, 0.6) is 5.75 Å². The number of carbonyl (C=O) groups excluding carboxylic acids is 2. The Morgan fingerprint density at radius 1 is 1.22 bits per heavy atom. The van der Waals surface area contributed by atoms with E-state index in [1.165, 1.54) is 11.8 Å². The average Bonchev–Trinajstić information content (AvgIpc) is 3.28. The van der Waals surface area contributed by atoms with Crippen LogP contribution in [0.2, 0.25) is 0 Å². The third-order valence-electron chi connectivity index (χ3n) is 5.34. The standard InChI is InChI=1S/C23H27N5O3S/c1-3-15-7-5-6-8-19(15)25-20(29)14-32-23-26-21-18(13-24-27-21)22(30)28(23)16-9-11-17(12-10-16)31-4-2/h5-12,18,21,24,27H,3-4,13-14H2,1-2H3,(H,25,29).